The molecule has 4 N–H and O–H groups in total. The lowest BCUT2D eigenvalue weighted by Crippen LogP contribution is -2.21. The maximum atomic E-state index is 10.4. The van der Waals surface area contributed by atoms with Crippen LogP contribution < -0.4 is 5.73 Å². The summed E-state index contributed by atoms with van der Waals surface area (Å²) < 4.78 is 0. The van der Waals surface area contributed by atoms with Crippen molar-refractivity contribution in [1.29, 1.82) is 0 Å². The predicted octanol–water partition coefficient (Wildman–Crippen LogP) is 0.304. The van der Waals surface area contributed by atoms with Gasteiger partial charge in [0.15, 0.2) is 6.29 Å². The summed E-state index contributed by atoms with van der Waals surface area (Å²) in [6.45, 7) is 0.322. The molecule has 0 amide bonds. The van der Waals surface area contributed by atoms with Crippen LogP contribution in [0.4, 0.5) is 0 Å². The third-order valence-electron chi connectivity index (χ3n) is 1.92. The summed E-state index contributed by atoms with van der Waals surface area (Å²) in [6.07, 6.45) is -0.763. The minimum Gasteiger partial charge on any atom is -0.390 e. The van der Waals surface area contributed by atoms with Crippen LogP contribution in [0.2, 0.25) is 0 Å². The van der Waals surface area contributed by atoms with Gasteiger partial charge in [-0.15, -0.1) is 11.3 Å². The highest BCUT2D eigenvalue weighted by Crippen LogP contribution is 2.23. The molecule has 0 saturated carbocycles. The first kappa shape index (κ1) is 11.3. The zero-order valence-electron chi connectivity index (χ0n) is 7.59. The number of thiophene rings is 1. The molecule has 1 heterocycles. The molecule has 0 radical (unpaired) electrons. The van der Waals surface area contributed by atoms with Crippen molar-refractivity contribution in [1.82, 2.24) is 0 Å². The van der Waals surface area contributed by atoms with Gasteiger partial charge < -0.3 is 15.9 Å². The zero-order chi connectivity index (χ0) is 10.6. The minimum absolute atomic E-state index is 0.322. The number of aldehydes is 1. The van der Waals surface area contributed by atoms with Gasteiger partial charge in [0.2, 0.25) is 0 Å². The molecule has 14 heavy (non-hydrogen) atoms. The second kappa shape index (κ2) is 5.21. The Labute approximate surface area is 86.0 Å². The molecule has 2 unspecified atom stereocenters. The van der Waals surface area contributed by atoms with Gasteiger partial charge >= 0.3 is 0 Å². The van der Waals surface area contributed by atoms with Gasteiger partial charge in [-0.2, -0.15) is 0 Å². The number of carbonyl (C=O) groups is 1. The number of rotatable bonds is 5. The smallest absolute Gasteiger partial charge is 0.160 e. The van der Waals surface area contributed by atoms with Crippen molar-refractivity contribution in [2.24, 2.45) is 5.73 Å². The normalized spacial score (nSPS) is 15.1. The Hall–Kier alpha value is -0.750. The van der Waals surface area contributed by atoms with Crippen LogP contribution in [0.25, 0.3) is 0 Å². The van der Waals surface area contributed by atoms with Gasteiger partial charge in [0.1, 0.15) is 6.10 Å². The van der Waals surface area contributed by atoms with Gasteiger partial charge in [0, 0.05) is 0 Å². The third kappa shape index (κ3) is 2.62. The molecule has 0 aliphatic heterocycles. The van der Waals surface area contributed by atoms with Crippen LogP contribution in [0.15, 0.2) is 11.4 Å². The fourth-order valence-corrected chi connectivity index (χ4v) is 1.88. The fourth-order valence-electron chi connectivity index (χ4n) is 1.14. The Morgan fingerprint density at radius 2 is 2.29 bits per heavy atom. The first-order chi connectivity index (χ1) is 6.69. The van der Waals surface area contributed by atoms with Crippen LogP contribution >= 0.6 is 11.3 Å². The van der Waals surface area contributed by atoms with Crippen LogP contribution in [-0.2, 0) is 0 Å². The highest BCUT2D eigenvalue weighted by atomic mass is 32.1. The highest BCUT2D eigenvalue weighted by molar-refractivity contribution is 7.11. The molecule has 5 heteroatoms. The molecule has 78 valence electrons. The molecule has 1 aromatic rings. The maximum absolute atomic E-state index is 10.4. The molecule has 2 atom stereocenters. The Morgan fingerprint density at radius 3 is 2.79 bits per heavy atom. The van der Waals surface area contributed by atoms with Gasteiger partial charge in [-0.05, 0) is 30.0 Å². The van der Waals surface area contributed by atoms with Crippen molar-refractivity contribution in [2.45, 2.75) is 18.6 Å². The molecule has 1 aromatic heterocycles. The van der Waals surface area contributed by atoms with E-state index in [1.54, 1.807) is 11.4 Å². The Kier molecular flexibility index (Phi) is 4.21. The summed E-state index contributed by atoms with van der Waals surface area (Å²) in [6, 6.07) is 1.57. The lowest BCUT2D eigenvalue weighted by atomic mass is 10.1. The lowest BCUT2D eigenvalue weighted by molar-refractivity contribution is 0.0152. The minimum atomic E-state index is -0.955. The second-order valence-corrected chi connectivity index (χ2v) is 3.93. The summed E-state index contributed by atoms with van der Waals surface area (Å²) in [5.74, 6) is 0. The van der Waals surface area contributed by atoms with E-state index in [0.29, 0.717) is 23.4 Å². The van der Waals surface area contributed by atoms with E-state index < -0.39 is 12.2 Å². The van der Waals surface area contributed by atoms with Crippen LogP contribution in [0.3, 0.4) is 0 Å². The molecule has 1 rings (SSSR count). The molecule has 4 nitrogen and oxygen atoms in total. The van der Waals surface area contributed by atoms with E-state index in [2.05, 4.69) is 0 Å². The molecule has 0 bridgehead atoms. The van der Waals surface area contributed by atoms with Crippen molar-refractivity contribution in [3.05, 3.63) is 21.9 Å². The van der Waals surface area contributed by atoms with E-state index >= 15 is 0 Å². The topological polar surface area (TPSA) is 83.6 Å². The van der Waals surface area contributed by atoms with Crippen molar-refractivity contribution in [3.8, 4) is 0 Å². The summed E-state index contributed by atoms with van der Waals surface area (Å²) in [7, 11) is 0. The molecule has 0 aromatic carbocycles. The van der Waals surface area contributed by atoms with Gasteiger partial charge in [-0.3, -0.25) is 4.79 Å². The lowest BCUT2D eigenvalue weighted by Gasteiger charge is -2.15. The Bertz CT molecular complexity index is 300. The quantitative estimate of drug-likeness (QED) is 0.617. The summed E-state index contributed by atoms with van der Waals surface area (Å²) in [5.41, 5.74) is 5.82. The Balaban J connectivity index is 2.67. The number of hydrogen-bond donors (Lipinski definition) is 3. The summed E-state index contributed by atoms with van der Waals surface area (Å²) >= 11 is 1.24. The van der Waals surface area contributed by atoms with Crippen LogP contribution in [0.5, 0.6) is 0 Å². The average Bonchev–Trinajstić information content (AvgIpc) is 2.65. The average molecular weight is 215 g/mol. The van der Waals surface area contributed by atoms with E-state index in [-0.39, 0.29) is 0 Å². The molecule has 0 aliphatic carbocycles. The largest absolute Gasteiger partial charge is 0.390 e. The van der Waals surface area contributed by atoms with Crippen LogP contribution in [0.1, 0.15) is 27.8 Å². The fraction of sp³-hybridized carbons (Fsp3) is 0.444. The molecule has 0 saturated heterocycles. The first-order valence-corrected chi connectivity index (χ1v) is 5.16. The van der Waals surface area contributed by atoms with Crippen molar-refractivity contribution < 1.29 is 15.0 Å². The number of nitrogens with two attached hydrogens (primary N) is 1. The van der Waals surface area contributed by atoms with E-state index in [1.165, 1.54) is 11.3 Å². The van der Waals surface area contributed by atoms with Crippen LogP contribution in [0, 0.1) is 0 Å². The van der Waals surface area contributed by atoms with Crippen molar-refractivity contribution >= 4 is 17.6 Å². The maximum Gasteiger partial charge on any atom is 0.160 e. The monoisotopic (exact) mass is 215 g/mol. The molecule has 0 spiro atoms. The summed E-state index contributed by atoms with van der Waals surface area (Å²) in [5, 5.41) is 20.7. The van der Waals surface area contributed by atoms with Gasteiger partial charge in [-0.25, -0.2) is 0 Å². The van der Waals surface area contributed by atoms with Crippen molar-refractivity contribution in [2.75, 3.05) is 6.54 Å². The second-order valence-electron chi connectivity index (χ2n) is 2.99. The van der Waals surface area contributed by atoms with E-state index in [1.807, 2.05) is 0 Å². The summed E-state index contributed by atoms with van der Waals surface area (Å²) in [4.78, 5) is 10.9. The SMILES string of the molecule is NCCC(O)C(O)c1csc(C=O)c1. The first-order valence-electron chi connectivity index (χ1n) is 4.29. The van der Waals surface area contributed by atoms with Crippen molar-refractivity contribution in [3.63, 3.8) is 0 Å². The third-order valence-corrected chi connectivity index (χ3v) is 2.80. The molecule has 0 aliphatic rings. The van der Waals surface area contributed by atoms with Gasteiger partial charge in [0.05, 0.1) is 11.0 Å². The van der Waals surface area contributed by atoms with E-state index in [4.69, 9.17) is 5.73 Å². The number of carbonyl (C=O) groups excluding carboxylic acids is 1. The van der Waals surface area contributed by atoms with Gasteiger partial charge in [-0.1, -0.05) is 0 Å². The number of aliphatic hydroxyl groups is 2. The van der Waals surface area contributed by atoms with E-state index in [9.17, 15) is 15.0 Å². The zero-order valence-corrected chi connectivity index (χ0v) is 8.41. The Morgan fingerprint density at radius 1 is 1.57 bits per heavy atom. The molecule has 0 fully saturated rings. The molecular formula is C9H13NO3S. The van der Waals surface area contributed by atoms with E-state index in [0.717, 1.165) is 6.29 Å². The predicted molar refractivity (Wildman–Crippen MR) is 54.3 cm³/mol. The van der Waals surface area contributed by atoms with Gasteiger partial charge in [0.25, 0.3) is 0 Å². The number of hydrogen-bond acceptors (Lipinski definition) is 5. The standard InChI is InChI=1S/C9H13NO3S/c10-2-1-8(12)9(13)6-3-7(4-11)14-5-6/h3-5,8-9,12-13H,1-2,10H2. The molecular weight excluding hydrogens is 202 g/mol. The number of aliphatic hydroxyl groups excluding tert-OH is 2. The highest BCUT2D eigenvalue weighted by Gasteiger charge is 2.18. The van der Waals surface area contributed by atoms with Crippen LogP contribution in [-0.4, -0.2) is 29.1 Å².